The average molecular weight is 228 g/mol. The van der Waals surface area contributed by atoms with Crippen LogP contribution in [0, 0.1) is 13.8 Å². The monoisotopic (exact) mass is 228 g/mol. The van der Waals surface area contributed by atoms with Crippen LogP contribution in [0.3, 0.4) is 0 Å². The molecule has 0 heterocycles. The molecule has 0 aromatic heterocycles. The maximum atomic E-state index is 12.8. The number of alkyl halides is 2. The van der Waals surface area contributed by atoms with Crippen molar-refractivity contribution in [1.29, 1.82) is 0 Å². The van der Waals surface area contributed by atoms with E-state index in [1.54, 1.807) is 19.1 Å². The number of rotatable bonds is 4. The normalized spacial score (nSPS) is 12.8. The van der Waals surface area contributed by atoms with Gasteiger partial charge < -0.3 is 5.11 Å². The van der Waals surface area contributed by atoms with Gasteiger partial charge in [0.1, 0.15) is 0 Å². The van der Waals surface area contributed by atoms with E-state index in [-0.39, 0.29) is 0 Å². The predicted octanol–water partition coefficient (Wildman–Crippen LogP) is 3.13. The Kier molecular flexibility index (Phi) is 3.99. The Hall–Kier alpha value is -1.45. The zero-order valence-corrected chi connectivity index (χ0v) is 9.21. The highest BCUT2D eigenvalue weighted by atomic mass is 19.3. The third-order valence-electron chi connectivity index (χ3n) is 2.74. The van der Waals surface area contributed by atoms with Gasteiger partial charge in [-0.15, -0.1) is 0 Å². The number of halogens is 2. The summed E-state index contributed by atoms with van der Waals surface area (Å²) < 4.78 is 25.6. The largest absolute Gasteiger partial charge is 0.481 e. The van der Waals surface area contributed by atoms with Crippen molar-refractivity contribution in [1.82, 2.24) is 0 Å². The summed E-state index contributed by atoms with van der Waals surface area (Å²) in [5.41, 5.74) is 2.07. The van der Waals surface area contributed by atoms with Crippen LogP contribution in [0.2, 0.25) is 0 Å². The van der Waals surface area contributed by atoms with Gasteiger partial charge in [-0.3, -0.25) is 4.79 Å². The van der Waals surface area contributed by atoms with Gasteiger partial charge >= 0.3 is 5.97 Å². The number of aliphatic carboxylic acids is 1. The first kappa shape index (κ1) is 12.6. The van der Waals surface area contributed by atoms with Gasteiger partial charge in [-0.1, -0.05) is 18.2 Å². The first-order chi connectivity index (χ1) is 7.43. The third kappa shape index (κ3) is 2.78. The number of benzene rings is 1. The summed E-state index contributed by atoms with van der Waals surface area (Å²) in [4.78, 5) is 10.6. The van der Waals surface area contributed by atoms with Crippen molar-refractivity contribution in [2.75, 3.05) is 0 Å². The van der Waals surface area contributed by atoms with Crippen molar-refractivity contribution >= 4 is 5.97 Å². The molecule has 1 aromatic carbocycles. The molecule has 2 nitrogen and oxygen atoms in total. The number of aryl methyl sites for hydroxylation is 1. The highest BCUT2D eigenvalue weighted by Crippen LogP contribution is 2.30. The second-order valence-electron chi connectivity index (χ2n) is 3.83. The molecule has 0 aliphatic carbocycles. The molecule has 1 unspecified atom stereocenters. The van der Waals surface area contributed by atoms with Gasteiger partial charge in [-0.2, -0.15) is 0 Å². The van der Waals surface area contributed by atoms with E-state index in [0.29, 0.717) is 5.56 Å². The third-order valence-corrected chi connectivity index (χ3v) is 2.74. The van der Waals surface area contributed by atoms with Crippen molar-refractivity contribution in [2.45, 2.75) is 32.6 Å². The lowest BCUT2D eigenvalue weighted by Gasteiger charge is -2.17. The number of carboxylic acids is 1. The summed E-state index contributed by atoms with van der Waals surface area (Å²) >= 11 is 0. The number of carbonyl (C=O) groups is 1. The van der Waals surface area contributed by atoms with Crippen LogP contribution in [0.15, 0.2) is 18.2 Å². The number of hydrogen-bond acceptors (Lipinski definition) is 1. The predicted molar refractivity (Wildman–Crippen MR) is 56.9 cm³/mol. The quantitative estimate of drug-likeness (QED) is 0.859. The highest BCUT2D eigenvalue weighted by molar-refractivity contribution is 5.68. The van der Waals surface area contributed by atoms with Crippen LogP contribution in [-0.4, -0.2) is 17.5 Å². The Labute approximate surface area is 92.9 Å². The molecule has 16 heavy (non-hydrogen) atoms. The summed E-state index contributed by atoms with van der Waals surface area (Å²) in [6.45, 7) is 3.56. The van der Waals surface area contributed by atoms with Gasteiger partial charge in [0, 0.05) is 0 Å². The van der Waals surface area contributed by atoms with Crippen molar-refractivity contribution in [3.05, 3.63) is 34.9 Å². The molecule has 0 aliphatic rings. The first-order valence-electron chi connectivity index (χ1n) is 4.99. The first-order valence-corrected chi connectivity index (χ1v) is 4.99. The lowest BCUT2D eigenvalue weighted by Crippen LogP contribution is -2.15. The molecule has 0 saturated carbocycles. The summed E-state index contributed by atoms with van der Waals surface area (Å²) in [5, 5.41) is 8.62. The van der Waals surface area contributed by atoms with Crippen LogP contribution in [-0.2, 0) is 4.79 Å². The summed E-state index contributed by atoms with van der Waals surface area (Å²) in [5.74, 6) is -2.43. The van der Waals surface area contributed by atoms with Gasteiger partial charge in [-0.25, -0.2) is 8.78 Å². The Morgan fingerprint density at radius 2 is 2.00 bits per heavy atom. The van der Waals surface area contributed by atoms with Crippen LogP contribution < -0.4 is 0 Å². The van der Waals surface area contributed by atoms with E-state index in [9.17, 15) is 13.6 Å². The number of carboxylic acid groups (broad SMARTS) is 1. The van der Waals surface area contributed by atoms with E-state index in [1.165, 1.54) is 0 Å². The fourth-order valence-corrected chi connectivity index (χ4v) is 1.70. The van der Waals surface area contributed by atoms with E-state index < -0.39 is 24.7 Å². The van der Waals surface area contributed by atoms with Crippen LogP contribution in [0.25, 0.3) is 0 Å². The Morgan fingerprint density at radius 3 is 2.50 bits per heavy atom. The van der Waals surface area contributed by atoms with Crippen molar-refractivity contribution < 1.29 is 18.7 Å². The van der Waals surface area contributed by atoms with Gasteiger partial charge in [0.25, 0.3) is 0 Å². The van der Waals surface area contributed by atoms with Crippen LogP contribution in [0.1, 0.15) is 29.0 Å². The fraction of sp³-hybridized carbons (Fsp3) is 0.417. The minimum atomic E-state index is -2.66. The Morgan fingerprint density at radius 1 is 1.38 bits per heavy atom. The molecule has 0 fully saturated rings. The lowest BCUT2D eigenvalue weighted by molar-refractivity contribution is -0.138. The van der Waals surface area contributed by atoms with Gasteiger partial charge in [-0.05, 0) is 30.5 Å². The highest BCUT2D eigenvalue weighted by Gasteiger charge is 2.26. The fourth-order valence-electron chi connectivity index (χ4n) is 1.70. The zero-order valence-electron chi connectivity index (χ0n) is 9.21. The second kappa shape index (κ2) is 5.05. The smallest absolute Gasteiger partial charge is 0.304 e. The molecule has 0 amide bonds. The Bertz CT molecular complexity index is 389. The van der Waals surface area contributed by atoms with E-state index in [0.717, 1.165) is 11.1 Å². The molecule has 1 rings (SSSR count). The summed E-state index contributed by atoms with van der Waals surface area (Å²) in [7, 11) is 0. The SMILES string of the molecule is Cc1cccc(C(CC(=O)O)C(F)F)c1C. The second-order valence-corrected chi connectivity index (χ2v) is 3.83. The van der Waals surface area contributed by atoms with Gasteiger partial charge in [0.2, 0.25) is 6.43 Å². The zero-order chi connectivity index (χ0) is 12.3. The minimum Gasteiger partial charge on any atom is -0.481 e. The van der Waals surface area contributed by atoms with Crippen molar-refractivity contribution in [3.63, 3.8) is 0 Å². The maximum absolute atomic E-state index is 12.8. The molecule has 0 spiro atoms. The van der Waals surface area contributed by atoms with Gasteiger partial charge in [0.05, 0.1) is 12.3 Å². The molecule has 0 bridgehead atoms. The van der Waals surface area contributed by atoms with Gasteiger partial charge in [0.15, 0.2) is 0 Å². The van der Waals surface area contributed by atoms with Crippen LogP contribution in [0.4, 0.5) is 8.78 Å². The maximum Gasteiger partial charge on any atom is 0.304 e. The molecule has 1 N–H and O–H groups in total. The van der Waals surface area contributed by atoms with Crippen molar-refractivity contribution in [2.24, 2.45) is 0 Å². The summed E-state index contributed by atoms with van der Waals surface area (Å²) in [6.07, 6.45) is -3.20. The lowest BCUT2D eigenvalue weighted by atomic mass is 9.90. The molecule has 0 radical (unpaired) electrons. The molecule has 1 aromatic rings. The van der Waals surface area contributed by atoms with Crippen molar-refractivity contribution in [3.8, 4) is 0 Å². The topological polar surface area (TPSA) is 37.3 Å². The van der Waals surface area contributed by atoms with E-state index in [1.807, 2.05) is 13.0 Å². The van der Waals surface area contributed by atoms with E-state index >= 15 is 0 Å². The molecule has 88 valence electrons. The molecular weight excluding hydrogens is 214 g/mol. The van der Waals surface area contributed by atoms with Crippen LogP contribution >= 0.6 is 0 Å². The molecular formula is C12H14F2O2. The Balaban J connectivity index is 3.10. The minimum absolute atomic E-state index is 0.428. The van der Waals surface area contributed by atoms with E-state index in [4.69, 9.17) is 5.11 Å². The van der Waals surface area contributed by atoms with E-state index in [2.05, 4.69) is 0 Å². The standard InChI is InChI=1S/C12H14F2O2/c1-7-4-3-5-9(8(7)2)10(12(13)14)6-11(15)16/h3-5,10,12H,6H2,1-2H3,(H,15,16). The molecule has 0 saturated heterocycles. The number of hydrogen-bond donors (Lipinski definition) is 1. The summed E-state index contributed by atoms with van der Waals surface area (Å²) in [6, 6.07) is 5.07. The molecule has 0 aliphatic heterocycles. The molecule has 4 heteroatoms. The van der Waals surface area contributed by atoms with Crippen LogP contribution in [0.5, 0.6) is 0 Å². The average Bonchev–Trinajstić information content (AvgIpc) is 2.18. The molecule has 1 atom stereocenters.